The van der Waals surface area contributed by atoms with Crippen LogP contribution in [0.3, 0.4) is 0 Å². The molecule has 0 radical (unpaired) electrons. The second-order valence-electron chi connectivity index (χ2n) is 5.52. The van der Waals surface area contributed by atoms with Gasteiger partial charge in [0.15, 0.2) is 0 Å². The first-order valence-electron chi connectivity index (χ1n) is 7.12. The van der Waals surface area contributed by atoms with Crippen LogP contribution in [0, 0.1) is 6.92 Å². The molecule has 1 fully saturated rings. The number of carbonyl (C=O) groups is 1. The van der Waals surface area contributed by atoms with Gasteiger partial charge in [-0.05, 0) is 36.8 Å². The van der Waals surface area contributed by atoms with E-state index in [0.29, 0.717) is 5.92 Å². The van der Waals surface area contributed by atoms with E-state index in [1.165, 1.54) is 17.5 Å². The van der Waals surface area contributed by atoms with Gasteiger partial charge in [-0.2, -0.15) is 11.3 Å². The number of likely N-dealkylation sites (tertiary alicyclic amines) is 1. The van der Waals surface area contributed by atoms with Crippen LogP contribution in [0.2, 0.25) is 0 Å². The fourth-order valence-corrected chi connectivity index (χ4v) is 3.56. The van der Waals surface area contributed by atoms with Crippen molar-refractivity contribution in [3.63, 3.8) is 0 Å². The topological polar surface area (TPSA) is 20.3 Å². The highest BCUT2D eigenvalue weighted by Gasteiger charge is 2.25. The SMILES string of the molecule is Cc1cccc(C2CCCN(C(=O)c3ccsc3)C2)c1. The molecular weight excluding hydrogens is 266 g/mol. The average molecular weight is 285 g/mol. The number of nitrogens with zero attached hydrogens (tertiary/aromatic N) is 1. The molecule has 1 aromatic heterocycles. The Bertz CT molecular complexity index is 591. The Hall–Kier alpha value is -1.61. The molecule has 3 heteroatoms. The molecule has 20 heavy (non-hydrogen) atoms. The van der Waals surface area contributed by atoms with Crippen molar-refractivity contribution in [2.45, 2.75) is 25.7 Å². The minimum atomic E-state index is 0.184. The molecule has 0 spiro atoms. The van der Waals surface area contributed by atoms with E-state index >= 15 is 0 Å². The van der Waals surface area contributed by atoms with Gasteiger partial charge >= 0.3 is 0 Å². The molecule has 1 aromatic carbocycles. The van der Waals surface area contributed by atoms with Crippen LogP contribution in [-0.4, -0.2) is 23.9 Å². The molecule has 1 saturated heterocycles. The van der Waals surface area contributed by atoms with Crippen molar-refractivity contribution in [2.24, 2.45) is 0 Å². The van der Waals surface area contributed by atoms with Crippen LogP contribution < -0.4 is 0 Å². The third-order valence-corrected chi connectivity index (χ3v) is 4.67. The number of piperidine rings is 1. The molecule has 0 bridgehead atoms. The largest absolute Gasteiger partial charge is 0.338 e. The van der Waals surface area contributed by atoms with Gasteiger partial charge in [-0.25, -0.2) is 0 Å². The van der Waals surface area contributed by atoms with Crippen LogP contribution >= 0.6 is 11.3 Å². The molecule has 1 aliphatic heterocycles. The predicted molar refractivity (Wildman–Crippen MR) is 83.4 cm³/mol. The number of amides is 1. The lowest BCUT2D eigenvalue weighted by Gasteiger charge is -2.33. The summed E-state index contributed by atoms with van der Waals surface area (Å²) in [5.41, 5.74) is 3.50. The maximum absolute atomic E-state index is 12.4. The molecule has 0 aliphatic carbocycles. The van der Waals surface area contributed by atoms with Crippen LogP contribution in [0.15, 0.2) is 41.1 Å². The van der Waals surface area contributed by atoms with Crippen LogP contribution in [-0.2, 0) is 0 Å². The summed E-state index contributed by atoms with van der Waals surface area (Å²) in [6, 6.07) is 10.6. The highest BCUT2D eigenvalue weighted by Crippen LogP contribution is 2.28. The summed E-state index contributed by atoms with van der Waals surface area (Å²) in [7, 11) is 0. The van der Waals surface area contributed by atoms with E-state index in [1.807, 2.05) is 21.7 Å². The number of hydrogen-bond donors (Lipinski definition) is 0. The van der Waals surface area contributed by atoms with Crippen LogP contribution in [0.4, 0.5) is 0 Å². The van der Waals surface area contributed by atoms with Crippen molar-refractivity contribution >= 4 is 17.2 Å². The molecule has 0 saturated carbocycles. The summed E-state index contributed by atoms with van der Waals surface area (Å²) in [4.78, 5) is 14.4. The lowest BCUT2D eigenvalue weighted by atomic mass is 9.89. The standard InChI is InChI=1S/C17H19NOS/c1-13-4-2-5-14(10-13)15-6-3-8-18(11-15)17(19)16-7-9-20-12-16/h2,4-5,7,9-10,12,15H,3,6,8,11H2,1H3. The van der Waals surface area contributed by atoms with Gasteiger partial charge in [0.05, 0.1) is 5.56 Å². The van der Waals surface area contributed by atoms with E-state index in [4.69, 9.17) is 0 Å². The smallest absolute Gasteiger partial charge is 0.254 e. The van der Waals surface area contributed by atoms with E-state index < -0.39 is 0 Å². The summed E-state index contributed by atoms with van der Waals surface area (Å²) in [5.74, 6) is 0.662. The fourth-order valence-electron chi connectivity index (χ4n) is 2.93. The van der Waals surface area contributed by atoms with Gasteiger partial charge in [0, 0.05) is 24.4 Å². The highest BCUT2D eigenvalue weighted by molar-refractivity contribution is 7.08. The quantitative estimate of drug-likeness (QED) is 0.814. The van der Waals surface area contributed by atoms with Crippen molar-refractivity contribution in [1.82, 2.24) is 4.90 Å². The normalized spacial score (nSPS) is 19.1. The Morgan fingerprint density at radius 3 is 3.00 bits per heavy atom. The third-order valence-electron chi connectivity index (χ3n) is 3.99. The van der Waals surface area contributed by atoms with E-state index in [9.17, 15) is 4.79 Å². The third kappa shape index (κ3) is 2.78. The average Bonchev–Trinajstić information content (AvgIpc) is 3.01. The molecular formula is C17H19NOS. The molecule has 104 valence electrons. The lowest BCUT2D eigenvalue weighted by molar-refractivity contribution is 0.0707. The Kier molecular flexibility index (Phi) is 3.88. The maximum Gasteiger partial charge on any atom is 0.254 e. The second kappa shape index (κ2) is 5.80. The minimum absolute atomic E-state index is 0.184. The van der Waals surface area contributed by atoms with E-state index in [1.54, 1.807) is 11.3 Å². The van der Waals surface area contributed by atoms with Crippen LogP contribution in [0.25, 0.3) is 0 Å². The lowest BCUT2D eigenvalue weighted by Crippen LogP contribution is -2.38. The molecule has 1 amide bonds. The van der Waals surface area contributed by atoms with E-state index in [-0.39, 0.29) is 5.91 Å². The zero-order chi connectivity index (χ0) is 13.9. The maximum atomic E-state index is 12.4. The molecule has 2 aromatic rings. The first kappa shape index (κ1) is 13.4. The van der Waals surface area contributed by atoms with Crippen molar-refractivity contribution < 1.29 is 4.79 Å². The zero-order valence-electron chi connectivity index (χ0n) is 11.7. The number of carbonyl (C=O) groups excluding carboxylic acids is 1. The Balaban J connectivity index is 1.75. The molecule has 1 aliphatic rings. The van der Waals surface area contributed by atoms with Crippen molar-refractivity contribution in [2.75, 3.05) is 13.1 Å². The Labute approximate surface area is 124 Å². The Morgan fingerprint density at radius 2 is 2.25 bits per heavy atom. The first-order valence-corrected chi connectivity index (χ1v) is 8.06. The zero-order valence-corrected chi connectivity index (χ0v) is 12.5. The molecule has 1 unspecified atom stereocenters. The van der Waals surface area contributed by atoms with Gasteiger partial charge in [-0.15, -0.1) is 0 Å². The second-order valence-corrected chi connectivity index (χ2v) is 6.30. The number of rotatable bonds is 2. The van der Waals surface area contributed by atoms with Gasteiger partial charge < -0.3 is 4.90 Å². The number of hydrogen-bond acceptors (Lipinski definition) is 2. The van der Waals surface area contributed by atoms with E-state index in [2.05, 4.69) is 31.2 Å². The van der Waals surface area contributed by atoms with Gasteiger partial charge in [0.25, 0.3) is 5.91 Å². The minimum Gasteiger partial charge on any atom is -0.338 e. The predicted octanol–water partition coefficient (Wildman–Crippen LogP) is 4.08. The van der Waals surface area contributed by atoms with Gasteiger partial charge in [-0.1, -0.05) is 29.8 Å². The number of aryl methyl sites for hydroxylation is 1. The summed E-state index contributed by atoms with van der Waals surface area (Å²) in [5, 5.41) is 3.91. The number of benzene rings is 1. The van der Waals surface area contributed by atoms with Crippen molar-refractivity contribution in [3.8, 4) is 0 Å². The Morgan fingerprint density at radius 1 is 1.35 bits per heavy atom. The summed E-state index contributed by atoms with van der Waals surface area (Å²) in [6.07, 6.45) is 2.27. The van der Waals surface area contributed by atoms with E-state index in [0.717, 1.165) is 25.1 Å². The fraction of sp³-hybridized carbons (Fsp3) is 0.353. The molecule has 2 heterocycles. The summed E-state index contributed by atoms with van der Waals surface area (Å²) in [6.45, 7) is 3.86. The number of thiophene rings is 1. The summed E-state index contributed by atoms with van der Waals surface area (Å²) < 4.78 is 0. The molecule has 3 rings (SSSR count). The molecule has 2 nitrogen and oxygen atoms in total. The molecule has 0 N–H and O–H groups in total. The van der Waals surface area contributed by atoms with Gasteiger partial charge in [0.1, 0.15) is 0 Å². The van der Waals surface area contributed by atoms with Crippen LogP contribution in [0.5, 0.6) is 0 Å². The van der Waals surface area contributed by atoms with Crippen molar-refractivity contribution in [3.05, 3.63) is 57.8 Å². The molecule has 1 atom stereocenters. The van der Waals surface area contributed by atoms with Gasteiger partial charge in [-0.3, -0.25) is 4.79 Å². The van der Waals surface area contributed by atoms with Gasteiger partial charge in [0.2, 0.25) is 0 Å². The monoisotopic (exact) mass is 285 g/mol. The first-order chi connectivity index (χ1) is 9.74. The van der Waals surface area contributed by atoms with Crippen molar-refractivity contribution in [1.29, 1.82) is 0 Å². The highest BCUT2D eigenvalue weighted by atomic mass is 32.1. The summed E-state index contributed by atoms with van der Waals surface area (Å²) >= 11 is 1.58. The van der Waals surface area contributed by atoms with Crippen LogP contribution in [0.1, 0.15) is 40.2 Å².